The average molecular weight is 253 g/mol. The Morgan fingerprint density at radius 1 is 1.50 bits per heavy atom. The van der Waals surface area contributed by atoms with Crippen LogP contribution in [0.5, 0.6) is 0 Å². The zero-order chi connectivity index (χ0) is 11.4. The lowest BCUT2D eigenvalue weighted by molar-refractivity contribution is -0.154. The van der Waals surface area contributed by atoms with Crippen molar-refractivity contribution in [3.8, 4) is 0 Å². The maximum atomic E-state index is 12.0. The molecule has 0 aromatic carbocycles. The monoisotopic (exact) mass is 252 g/mol. The zero-order valence-electron chi connectivity index (χ0n) is 10.0. The summed E-state index contributed by atoms with van der Waals surface area (Å²) in [6.07, 6.45) is -0.534. The molecule has 2 N–H and O–H groups in total. The molecule has 5 nitrogen and oxygen atoms in total. The minimum atomic E-state index is -0.534. The number of nitrogens with two attached hydrogens (primary N) is 1. The van der Waals surface area contributed by atoms with Gasteiger partial charge in [0, 0.05) is 13.7 Å². The highest BCUT2D eigenvalue weighted by Crippen LogP contribution is 2.15. The molecule has 1 aliphatic heterocycles. The van der Waals surface area contributed by atoms with Crippen LogP contribution < -0.4 is 5.73 Å². The molecule has 0 aliphatic carbocycles. The summed E-state index contributed by atoms with van der Waals surface area (Å²) in [7, 11) is 1.51. The smallest absolute Gasteiger partial charge is 0.253 e. The molecule has 3 unspecified atom stereocenters. The van der Waals surface area contributed by atoms with Crippen LogP contribution in [0.4, 0.5) is 0 Å². The maximum Gasteiger partial charge on any atom is 0.253 e. The van der Waals surface area contributed by atoms with Gasteiger partial charge >= 0.3 is 0 Å². The van der Waals surface area contributed by atoms with E-state index in [9.17, 15) is 4.79 Å². The Morgan fingerprint density at radius 2 is 2.00 bits per heavy atom. The molecule has 16 heavy (non-hydrogen) atoms. The average Bonchev–Trinajstić information content (AvgIpc) is 2.19. The first-order valence-electron chi connectivity index (χ1n) is 5.24. The van der Waals surface area contributed by atoms with Crippen LogP contribution in [0, 0.1) is 0 Å². The summed E-state index contributed by atoms with van der Waals surface area (Å²) in [5.41, 5.74) is 5.48. The van der Waals surface area contributed by atoms with E-state index in [-0.39, 0.29) is 36.9 Å². The molecule has 6 heteroatoms. The van der Waals surface area contributed by atoms with E-state index in [0.29, 0.717) is 13.2 Å². The van der Waals surface area contributed by atoms with Gasteiger partial charge in [-0.15, -0.1) is 12.4 Å². The summed E-state index contributed by atoms with van der Waals surface area (Å²) in [6.45, 7) is 5.31. The molecule has 0 radical (unpaired) electrons. The minimum Gasteiger partial charge on any atom is -0.377 e. The van der Waals surface area contributed by atoms with Gasteiger partial charge in [0.25, 0.3) is 5.91 Å². The van der Waals surface area contributed by atoms with Crippen molar-refractivity contribution in [2.24, 2.45) is 5.73 Å². The van der Waals surface area contributed by atoms with Crippen molar-refractivity contribution in [3.63, 3.8) is 0 Å². The van der Waals surface area contributed by atoms with E-state index in [2.05, 4.69) is 0 Å². The van der Waals surface area contributed by atoms with Crippen molar-refractivity contribution in [1.82, 2.24) is 4.90 Å². The van der Waals surface area contributed by atoms with E-state index in [1.165, 1.54) is 7.11 Å². The first-order chi connectivity index (χ1) is 7.11. The fourth-order valence-corrected chi connectivity index (χ4v) is 1.90. The summed E-state index contributed by atoms with van der Waals surface area (Å²) in [4.78, 5) is 13.9. The Morgan fingerprint density at radius 3 is 2.38 bits per heavy atom. The van der Waals surface area contributed by atoms with E-state index in [1.807, 2.05) is 18.7 Å². The third kappa shape index (κ3) is 3.31. The van der Waals surface area contributed by atoms with Gasteiger partial charge in [-0.1, -0.05) is 0 Å². The number of hydrogen-bond acceptors (Lipinski definition) is 4. The molecule has 0 saturated carbocycles. The SMILES string of the molecule is COC(CN)C(=O)N1C(C)COCC1C.Cl. The lowest BCUT2D eigenvalue weighted by Crippen LogP contribution is -2.56. The molecule has 1 fully saturated rings. The topological polar surface area (TPSA) is 64.8 Å². The van der Waals surface area contributed by atoms with E-state index < -0.39 is 6.10 Å². The fourth-order valence-electron chi connectivity index (χ4n) is 1.90. The van der Waals surface area contributed by atoms with Crippen LogP contribution in [-0.2, 0) is 14.3 Å². The van der Waals surface area contributed by atoms with Gasteiger partial charge in [0.1, 0.15) is 6.10 Å². The summed E-state index contributed by atoms with van der Waals surface area (Å²) < 4.78 is 10.4. The minimum absolute atomic E-state index is 0. The quantitative estimate of drug-likeness (QED) is 0.769. The molecule has 1 heterocycles. The number of carbonyl (C=O) groups is 1. The van der Waals surface area contributed by atoms with Gasteiger partial charge in [-0.3, -0.25) is 4.79 Å². The molecule has 0 aromatic heterocycles. The van der Waals surface area contributed by atoms with Crippen LogP contribution >= 0.6 is 12.4 Å². The second-order valence-electron chi connectivity index (χ2n) is 3.94. The first kappa shape index (κ1) is 15.6. The number of carbonyl (C=O) groups excluding carboxylic acids is 1. The molecule has 1 amide bonds. The Balaban J connectivity index is 0.00000225. The highest BCUT2D eigenvalue weighted by molar-refractivity contribution is 5.85. The predicted molar refractivity (Wildman–Crippen MR) is 63.7 cm³/mol. The molecule has 0 bridgehead atoms. The van der Waals surface area contributed by atoms with Gasteiger partial charge in [0.2, 0.25) is 0 Å². The zero-order valence-corrected chi connectivity index (χ0v) is 10.8. The number of halogens is 1. The second-order valence-corrected chi connectivity index (χ2v) is 3.94. The molecule has 3 atom stereocenters. The van der Waals surface area contributed by atoms with Crippen molar-refractivity contribution in [1.29, 1.82) is 0 Å². The lowest BCUT2D eigenvalue weighted by atomic mass is 10.1. The number of amides is 1. The molecule has 1 aliphatic rings. The van der Waals surface area contributed by atoms with Gasteiger partial charge in [0.15, 0.2) is 0 Å². The fraction of sp³-hybridized carbons (Fsp3) is 0.900. The van der Waals surface area contributed by atoms with E-state index >= 15 is 0 Å². The van der Waals surface area contributed by atoms with Crippen molar-refractivity contribution in [2.45, 2.75) is 32.0 Å². The van der Waals surface area contributed by atoms with Crippen molar-refractivity contribution in [2.75, 3.05) is 26.9 Å². The number of ether oxygens (including phenoxy) is 2. The second kappa shape index (κ2) is 7.06. The van der Waals surface area contributed by atoms with Gasteiger partial charge in [0.05, 0.1) is 25.3 Å². The van der Waals surface area contributed by atoms with Crippen LogP contribution in [0.25, 0.3) is 0 Å². The van der Waals surface area contributed by atoms with Crippen molar-refractivity contribution >= 4 is 18.3 Å². The first-order valence-corrected chi connectivity index (χ1v) is 5.24. The number of methoxy groups -OCH3 is 1. The summed E-state index contributed by atoms with van der Waals surface area (Å²) in [5, 5.41) is 0. The number of hydrogen-bond donors (Lipinski definition) is 1. The van der Waals surface area contributed by atoms with Gasteiger partial charge < -0.3 is 20.1 Å². The number of morpholine rings is 1. The predicted octanol–water partition coefficient (Wildman–Crippen LogP) is 0.0177. The molecule has 0 spiro atoms. The van der Waals surface area contributed by atoms with Crippen LogP contribution in [0.3, 0.4) is 0 Å². The third-order valence-electron chi connectivity index (χ3n) is 2.70. The highest BCUT2D eigenvalue weighted by atomic mass is 35.5. The standard InChI is InChI=1S/C10H20N2O3.ClH/c1-7-5-15-6-8(2)12(7)10(13)9(4-11)14-3;/h7-9H,4-6,11H2,1-3H3;1H. The van der Waals surface area contributed by atoms with Crippen molar-refractivity contribution < 1.29 is 14.3 Å². The molecule has 1 rings (SSSR count). The van der Waals surface area contributed by atoms with E-state index in [0.717, 1.165) is 0 Å². The van der Waals surface area contributed by atoms with Crippen LogP contribution in [0.2, 0.25) is 0 Å². The summed E-state index contributed by atoms with van der Waals surface area (Å²) in [6, 6.07) is 0.177. The Kier molecular flexibility index (Phi) is 6.90. The molecular weight excluding hydrogens is 232 g/mol. The van der Waals surface area contributed by atoms with Gasteiger partial charge in [-0.25, -0.2) is 0 Å². The molecule has 0 aromatic rings. The summed E-state index contributed by atoms with van der Waals surface area (Å²) in [5.74, 6) is -0.0386. The molecule has 1 saturated heterocycles. The van der Waals surface area contributed by atoms with E-state index in [4.69, 9.17) is 15.2 Å². The largest absolute Gasteiger partial charge is 0.377 e. The van der Waals surface area contributed by atoms with Crippen LogP contribution in [0.1, 0.15) is 13.8 Å². The van der Waals surface area contributed by atoms with Gasteiger partial charge in [-0.05, 0) is 13.8 Å². The van der Waals surface area contributed by atoms with Gasteiger partial charge in [-0.2, -0.15) is 0 Å². The number of nitrogens with zero attached hydrogens (tertiary/aromatic N) is 1. The normalized spacial score (nSPS) is 27.1. The molecule has 96 valence electrons. The van der Waals surface area contributed by atoms with Crippen molar-refractivity contribution in [3.05, 3.63) is 0 Å². The van der Waals surface area contributed by atoms with Crippen LogP contribution in [-0.4, -0.2) is 55.9 Å². The number of rotatable bonds is 3. The molecular formula is C10H21ClN2O3. The Bertz CT molecular complexity index is 214. The Hall–Kier alpha value is -0.360. The van der Waals surface area contributed by atoms with Crippen LogP contribution in [0.15, 0.2) is 0 Å². The third-order valence-corrected chi connectivity index (χ3v) is 2.70. The Labute approximate surface area is 103 Å². The summed E-state index contributed by atoms with van der Waals surface area (Å²) >= 11 is 0. The van der Waals surface area contributed by atoms with E-state index in [1.54, 1.807) is 0 Å². The highest BCUT2D eigenvalue weighted by Gasteiger charge is 2.33. The lowest BCUT2D eigenvalue weighted by Gasteiger charge is -2.40. The maximum absolute atomic E-state index is 12.0.